The van der Waals surface area contributed by atoms with Crippen LogP contribution in [0.4, 0.5) is 4.79 Å². The Morgan fingerprint density at radius 2 is 1.90 bits per heavy atom. The van der Waals surface area contributed by atoms with Gasteiger partial charge in [0.1, 0.15) is 5.60 Å². The quantitative estimate of drug-likeness (QED) is 0.743. The monoisotopic (exact) mass is 296 g/mol. The van der Waals surface area contributed by atoms with Gasteiger partial charge >= 0.3 is 6.09 Å². The highest BCUT2D eigenvalue weighted by Crippen LogP contribution is 2.41. The Balaban J connectivity index is 1.54. The van der Waals surface area contributed by atoms with Crippen LogP contribution in [0.5, 0.6) is 0 Å². The Bertz CT molecular complexity index is 397. The van der Waals surface area contributed by atoms with E-state index in [1.165, 1.54) is 0 Å². The number of hydrogen-bond acceptors (Lipinski definition) is 4. The summed E-state index contributed by atoms with van der Waals surface area (Å²) >= 11 is 0. The zero-order valence-electron chi connectivity index (χ0n) is 13.5. The lowest BCUT2D eigenvalue weighted by Gasteiger charge is -2.47. The Kier molecular flexibility index (Phi) is 3.91. The highest BCUT2D eigenvalue weighted by atomic mass is 16.6. The Hall–Kier alpha value is -0.810. The van der Waals surface area contributed by atoms with Gasteiger partial charge in [-0.15, -0.1) is 0 Å². The summed E-state index contributed by atoms with van der Waals surface area (Å²) in [4.78, 5) is 14.0. The molecule has 1 spiro atoms. The Labute approximate surface area is 127 Å². The van der Waals surface area contributed by atoms with E-state index >= 15 is 0 Å². The summed E-state index contributed by atoms with van der Waals surface area (Å²) in [6.45, 7) is 10.3. The van der Waals surface area contributed by atoms with Crippen molar-refractivity contribution >= 4 is 6.09 Å². The predicted molar refractivity (Wildman–Crippen MR) is 80.2 cm³/mol. The van der Waals surface area contributed by atoms with Crippen LogP contribution < -0.4 is 5.32 Å². The fourth-order valence-electron chi connectivity index (χ4n) is 3.81. The molecule has 3 rings (SSSR count). The van der Waals surface area contributed by atoms with Crippen LogP contribution in [0.25, 0.3) is 0 Å². The van der Waals surface area contributed by atoms with Gasteiger partial charge in [0.25, 0.3) is 0 Å². The molecule has 0 aromatic rings. The van der Waals surface area contributed by atoms with Crippen molar-refractivity contribution in [3.05, 3.63) is 0 Å². The molecule has 0 aromatic carbocycles. The van der Waals surface area contributed by atoms with E-state index in [2.05, 4.69) is 5.32 Å². The van der Waals surface area contributed by atoms with Gasteiger partial charge in [-0.25, -0.2) is 4.79 Å². The smallest absolute Gasteiger partial charge is 0.410 e. The van der Waals surface area contributed by atoms with E-state index in [0.29, 0.717) is 5.92 Å². The summed E-state index contributed by atoms with van der Waals surface area (Å²) in [6.07, 6.45) is 2.84. The molecule has 0 radical (unpaired) electrons. The molecule has 2 unspecified atom stereocenters. The van der Waals surface area contributed by atoms with Crippen LogP contribution in [0.15, 0.2) is 0 Å². The van der Waals surface area contributed by atoms with Gasteiger partial charge in [-0.2, -0.15) is 0 Å². The van der Waals surface area contributed by atoms with Crippen LogP contribution in [0.1, 0.15) is 40.0 Å². The van der Waals surface area contributed by atoms with E-state index < -0.39 is 5.60 Å². The largest absolute Gasteiger partial charge is 0.444 e. The van der Waals surface area contributed by atoms with Gasteiger partial charge in [0.05, 0.1) is 12.2 Å². The van der Waals surface area contributed by atoms with Crippen LogP contribution in [-0.4, -0.2) is 55.0 Å². The number of nitrogens with one attached hydrogen (secondary N) is 1. The number of rotatable bonds is 0. The van der Waals surface area contributed by atoms with Crippen molar-refractivity contribution in [2.75, 3.05) is 32.8 Å². The average molecular weight is 296 g/mol. The summed E-state index contributed by atoms with van der Waals surface area (Å²) in [6, 6.07) is 0. The summed E-state index contributed by atoms with van der Waals surface area (Å²) in [5.41, 5.74) is -0.415. The molecule has 3 saturated heterocycles. The van der Waals surface area contributed by atoms with Gasteiger partial charge in [0.15, 0.2) is 0 Å². The summed E-state index contributed by atoms with van der Waals surface area (Å²) in [5, 5.41) is 3.47. The lowest BCUT2D eigenvalue weighted by atomic mass is 9.77. The first kappa shape index (κ1) is 15.1. The van der Waals surface area contributed by atoms with Gasteiger partial charge in [0, 0.05) is 19.6 Å². The molecule has 1 N–H and O–H groups in total. The second-order valence-corrected chi connectivity index (χ2v) is 7.84. The third kappa shape index (κ3) is 3.34. The molecule has 3 aliphatic rings. The van der Waals surface area contributed by atoms with Gasteiger partial charge in [0.2, 0.25) is 0 Å². The third-order valence-electron chi connectivity index (χ3n) is 5.04. The van der Waals surface area contributed by atoms with Crippen molar-refractivity contribution < 1.29 is 14.3 Å². The lowest BCUT2D eigenvalue weighted by Crippen LogP contribution is -2.53. The van der Waals surface area contributed by atoms with E-state index in [0.717, 1.165) is 58.0 Å². The maximum absolute atomic E-state index is 12.1. The molecule has 0 saturated carbocycles. The van der Waals surface area contributed by atoms with Crippen LogP contribution in [0, 0.1) is 11.8 Å². The zero-order chi connectivity index (χ0) is 15.1. The second kappa shape index (κ2) is 5.43. The minimum atomic E-state index is -0.420. The highest BCUT2D eigenvalue weighted by Gasteiger charge is 2.46. The maximum Gasteiger partial charge on any atom is 0.410 e. The molecule has 2 atom stereocenters. The zero-order valence-corrected chi connectivity index (χ0v) is 13.5. The molecule has 1 amide bonds. The molecule has 3 fully saturated rings. The predicted octanol–water partition coefficient (Wildman–Crippen LogP) is 2.01. The second-order valence-electron chi connectivity index (χ2n) is 7.84. The number of amides is 1. The van der Waals surface area contributed by atoms with Crippen molar-refractivity contribution in [2.45, 2.75) is 51.2 Å². The van der Waals surface area contributed by atoms with E-state index in [-0.39, 0.29) is 11.7 Å². The standard InChI is InChI=1S/C16H28N2O3/c1-15(2,3)21-14(19)18-6-4-16(5-7-18)8-12-9-17-10-13(12)11-20-16/h12-13,17H,4-11H2,1-3H3. The summed E-state index contributed by atoms with van der Waals surface area (Å²) in [5.74, 6) is 1.45. The summed E-state index contributed by atoms with van der Waals surface area (Å²) < 4.78 is 11.7. The number of ether oxygens (including phenoxy) is 2. The fourth-order valence-corrected chi connectivity index (χ4v) is 3.81. The molecule has 3 aliphatic heterocycles. The van der Waals surface area contributed by atoms with Crippen LogP contribution in [-0.2, 0) is 9.47 Å². The number of fused-ring (bicyclic) bond motifs is 1. The minimum Gasteiger partial charge on any atom is -0.444 e. The van der Waals surface area contributed by atoms with Crippen molar-refractivity contribution in [3.8, 4) is 0 Å². The molecule has 120 valence electrons. The normalized spacial score (nSPS) is 32.0. The molecule has 5 nitrogen and oxygen atoms in total. The van der Waals surface area contributed by atoms with Gasteiger partial charge in [-0.3, -0.25) is 0 Å². The van der Waals surface area contributed by atoms with E-state index in [4.69, 9.17) is 9.47 Å². The number of piperidine rings is 1. The number of carbonyl (C=O) groups excluding carboxylic acids is 1. The minimum absolute atomic E-state index is 0.00565. The molecular formula is C16H28N2O3. The number of carbonyl (C=O) groups is 1. The maximum atomic E-state index is 12.1. The van der Waals surface area contributed by atoms with Gasteiger partial charge in [-0.05, 0) is 58.4 Å². The number of hydrogen-bond donors (Lipinski definition) is 1. The van der Waals surface area contributed by atoms with Crippen LogP contribution in [0.3, 0.4) is 0 Å². The van der Waals surface area contributed by atoms with Gasteiger partial charge < -0.3 is 19.7 Å². The Morgan fingerprint density at radius 1 is 1.24 bits per heavy atom. The topological polar surface area (TPSA) is 50.8 Å². The van der Waals surface area contributed by atoms with Crippen LogP contribution >= 0.6 is 0 Å². The highest BCUT2D eigenvalue weighted by molar-refractivity contribution is 5.68. The molecule has 0 bridgehead atoms. The van der Waals surface area contributed by atoms with Crippen molar-refractivity contribution in [3.63, 3.8) is 0 Å². The third-order valence-corrected chi connectivity index (χ3v) is 5.04. The first-order valence-corrected chi connectivity index (χ1v) is 8.20. The summed E-state index contributed by atoms with van der Waals surface area (Å²) in [7, 11) is 0. The number of likely N-dealkylation sites (tertiary alicyclic amines) is 1. The van der Waals surface area contributed by atoms with E-state index in [9.17, 15) is 4.79 Å². The van der Waals surface area contributed by atoms with Crippen molar-refractivity contribution in [2.24, 2.45) is 11.8 Å². The molecule has 3 heterocycles. The van der Waals surface area contributed by atoms with E-state index in [1.54, 1.807) is 0 Å². The lowest BCUT2D eigenvalue weighted by molar-refractivity contribution is -0.139. The molecule has 0 aromatic heterocycles. The molecular weight excluding hydrogens is 268 g/mol. The fraction of sp³-hybridized carbons (Fsp3) is 0.938. The van der Waals surface area contributed by atoms with Crippen molar-refractivity contribution in [1.29, 1.82) is 0 Å². The van der Waals surface area contributed by atoms with Crippen molar-refractivity contribution in [1.82, 2.24) is 10.2 Å². The first-order valence-electron chi connectivity index (χ1n) is 8.20. The van der Waals surface area contributed by atoms with E-state index in [1.807, 2.05) is 25.7 Å². The molecule has 5 heteroatoms. The van der Waals surface area contributed by atoms with Gasteiger partial charge in [-0.1, -0.05) is 0 Å². The Morgan fingerprint density at radius 3 is 2.57 bits per heavy atom. The molecule has 21 heavy (non-hydrogen) atoms. The number of nitrogens with zero attached hydrogens (tertiary/aromatic N) is 1. The molecule has 0 aliphatic carbocycles. The SMILES string of the molecule is CC(C)(C)OC(=O)N1CCC2(CC1)CC1CNCC1CO2. The average Bonchev–Trinajstić information content (AvgIpc) is 2.84. The first-order chi connectivity index (χ1) is 9.87. The van der Waals surface area contributed by atoms with Crippen LogP contribution in [0.2, 0.25) is 0 Å².